The highest BCUT2D eigenvalue weighted by Crippen LogP contribution is 2.20. The summed E-state index contributed by atoms with van der Waals surface area (Å²) in [5.74, 6) is -3.95. The van der Waals surface area contributed by atoms with Crippen molar-refractivity contribution in [3.8, 4) is 5.75 Å². The molecule has 1 unspecified atom stereocenters. The van der Waals surface area contributed by atoms with Crippen LogP contribution in [0.5, 0.6) is 5.75 Å². The van der Waals surface area contributed by atoms with Gasteiger partial charge in [-0.25, -0.2) is 13.2 Å². The SMILES string of the molecule is COc1ccc(C[NH+](C2CC2)[C@@H](C)C(=O)Nc2ccc(F)c(F)c2F)cc1. The zero-order valence-corrected chi connectivity index (χ0v) is 15.2. The molecule has 144 valence electrons. The summed E-state index contributed by atoms with van der Waals surface area (Å²) < 4.78 is 45.4. The predicted octanol–water partition coefficient (Wildman–Crippen LogP) is 2.69. The van der Waals surface area contributed by atoms with Crippen LogP contribution in [0.2, 0.25) is 0 Å². The molecule has 2 aromatic rings. The number of carbonyl (C=O) groups excluding carboxylic acids is 1. The second-order valence-corrected chi connectivity index (χ2v) is 6.81. The average molecular weight is 379 g/mol. The third-order valence-electron chi connectivity index (χ3n) is 4.91. The summed E-state index contributed by atoms with van der Waals surface area (Å²) in [6.45, 7) is 2.38. The van der Waals surface area contributed by atoms with E-state index in [4.69, 9.17) is 4.74 Å². The first-order chi connectivity index (χ1) is 12.9. The van der Waals surface area contributed by atoms with E-state index in [1.165, 1.54) is 0 Å². The molecular formula is C20H22F3N2O2+. The lowest BCUT2D eigenvalue weighted by atomic mass is 10.1. The highest BCUT2D eigenvalue weighted by atomic mass is 19.2. The highest BCUT2D eigenvalue weighted by Gasteiger charge is 2.39. The van der Waals surface area contributed by atoms with E-state index < -0.39 is 29.4 Å². The minimum atomic E-state index is -1.59. The van der Waals surface area contributed by atoms with Crippen molar-refractivity contribution >= 4 is 11.6 Å². The van der Waals surface area contributed by atoms with Crippen LogP contribution >= 0.6 is 0 Å². The lowest BCUT2D eigenvalue weighted by Gasteiger charge is -2.25. The number of amides is 1. The van der Waals surface area contributed by atoms with Crippen LogP contribution in [-0.4, -0.2) is 25.1 Å². The summed E-state index contributed by atoms with van der Waals surface area (Å²) in [6.07, 6.45) is 2.03. The van der Waals surface area contributed by atoms with Crippen molar-refractivity contribution in [3.63, 3.8) is 0 Å². The molecule has 0 aromatic heterocycles. The Morgan fingerprint density at radius 3 is 2.41 bits per heavy atom. The molecule has 1 fully saturated rings. The van der Waals surface area contributed by atoms with E-state index in [1.807, 2.05) is 24.3 Å². The number of nitrogens with one attached hydrogen (secondary N) is 2. The number of rotatable bonds is 7. The van der Waals surface area contributed by atoms with E-state index in [2.05, 4.69) is 5.32 Å². The van der Waals surface area contributed by atoms with Crippen LogP contribution in [0.4, 0.5) is 18.9 Å². The Bertz CT molecular complexity index is 823. The van der Waals surface area contributed by atoms with Crippen LogP contribution < -0.4 is 15.0 Å². The molecule has 4 nitrogen and oxygen atoms in total. The van der Waals surface area contributed by atoms with Crippen LogP contribution in [0.25, 0.3) is 0 Å². The normalized spacial score (nSPS) is 15.9. The zero-order chi connectivity index (χ0) is 19.6. The number of ether oxygens (including phenoxy) is 1. The van der Waals surface area contributed by atoms with Gasteiger partial charge >= 0.3 is 0 Å². The van der Waals surface area contributed by atoms with Crippen molar-refractivity contribution in [3.05, 3.63) is 59.4 Å². The standard InChI is InChI=1S/C20H21F3N2O2/c1-12(20(26)24-17-10-9-16(21)18(22)19(17)23)25(14-5-6-14)11-13-3-7-15(27-2)8-4-13/h3-4,7-10,12,14H,5-6,11H2,1-2H3,(H,24,26)/p+1/t12-/m0/s1. The lowest BCUT2D eigenvalue weighted by molar-refractivity contribution is -0.938. The molecule has 1 aliphatic rings. The van der Waals surface area contributed by atoms with Crippen molar-refractivity contribution in [2.24, 2.45) is 0 Å². The minimum absolute atomic E-state index is 0.350. The summed E-state index contributed by atoms with van der Waals surface area (Å²) in [7, 11) is 1.60. The summed E-state index contributed by atoms with van der Waals surface area (Å²) in [5.41, 5.74) is 0.696. The van der Waals surface area contributed by atoms with E-state index in [0.717, 1.165) is 41.2 Å². The maximum atomic E-state index is 13.8. The molecule has 7 heteroatoms. The molecular weight excluding hydrogens is 357 g/mol. The van der Waals surface area contributed by atoms with E-state index in [1.54, 1.807) is 14.0 Å². The number of anilines is 1. The summed E-state index contributed by atoms with van der Waals surface area (Å²) in [6, 6.07) is 9.31. The van der Waals surface area contributed by atoms with Crippen LogP contribution in [0.3, 0.4) is 0 Å². The maximum absolute atomic E-state index is 13.8. The predicted molar refractivity (Wildman–Crippen MR) is 95.1 cm³/mol. The van der Waals surface area contributed by atoms with E-state index in [0.29, 0.717) is 12.6 Å². The van der Waals surface area contributed by atoms with Crippen LogP contribution in [0, 0.1) is 17.5 Å². The monoisotopic (exact) mass is 379 g/mol. The molecule has 2 N–H and O–H groups in total. The van der Waals surface area contributed by atoms with Gasteiger partial charge < -0.3 is 15.0 Å². The van der Waals surface area contributed by atoms with Gasteiger partial charge in [0.1, 0.15) is 12.3 Å². The van der Waals surface area contributed by atoms with Crippen molar-refractivity contribution < 1.29 is 27.6 Å². The fourth-order valence-electron chi connectivity index (χ4n) is 3.12. The van der Waals surface area contributed by atoms with Gasteiger partial charge in [-0.15, -0.1) is 0 Å². The largest absolute Gasteiger partial charge is 0.497 e. The van der Waals surface area contributed by atoms with Crippen LogP contribution in [0.15, 0.2) is 36.4 Å². The first kappa shape index (κ1) is 19.2. The van der Waals surface area contributed by atoms with Crippen molar-refractivity contribution in [2.75, 3.05) is 12.4 Å². The van der Waals surface area contributed by atoms with Gasteiger partial charge in [-0.1, -0.05) is 0 Å². The topological polar surface area (TPSA) is 42.8 Å². The average Bonchev–Trinajstić information content (AvgIpc) is 3.51. The second kappa shape index (κ2) is 8.00. The van der Waals surface area contributed by atoms with Gasteiger partial charge in [0.15, 0.2) is 23.5 Å². The molecule has 0 aliphatic heterocycles. The molecule has 1 amide bonds. The molecule has 1 aliphatic carbocycles. The molecule has 0 saturated heterocycles. The fraction of sp³-hybridized carbons (Fsp3) is 0.350. The van der Waals surface area contributed by atoms with Crippen molar-refractivity contribution in [1.82, 2.24) is 0 Å². The summed E-state index contributed by atoms with van der Waals surface area (Å²) in [5, 5.41) is 2.38. The van der Waals surface area contributed by atoms with E-state index in [9.17, 15) is 18.0 Å². The Kier molecular flexibility index (Phi) is 5.70. The fourth-order valence-corrected chi connectivity index (χ4v) is 3.12. The molecule has 0 bridgehead atoms. The summed E-state index contributed by atoms with van der Waals surface area (Å²) >= 11 is 0. The molecule has 1 saturated carbocycles. The Morgan fingerprint density at radius 1 is 1.15 bits per heavy atom. The number of benzene rings is 2. The Morgan fingerprint density at radius 2 is 1.81 bits per heavy atom. The minimum Gasteiger partial charge on any atom is -0.497 e. The molecule has 0 heterocycles. The smallest absolute Gasteiger partial charge is 0.282 e. The quantitative estimate of drug-likeness (QED) is 0.727. The Labute approximate surface area is 155 Å². The molecule has 27 heavy (non-hydrogen) atoms. The highest BCUT2D eigenvalue weighted by molar-refractivity contribution is 5.93. The number of halogens is 3. The number of carbonyl (C=O) groups is 1. The van der Waals surface area contributed by atoms with E-state index >= 15 is 0 Å². The first-order valence-corrected chi connectivity index (χ1v) is 8.83. The molecule has 3 rings (SSSR count). The van der Waals surface area contributed by atoms with Gasteiger partial charge in [0.25, 0.3) is 5.91 Å². The summed E-state index contributed by atoms with van der Waals surface area (Å²) in [4.78, 5) is 13.6. The molecule has 0 spiro atoms. The first-order valence-electron chi connectivity index (χ1n) is 8.83. The van der Waals surface area contributed by atoms with Gasteiger partial charge in [0.2, 0.25) is 0 Å². The number of hydrogen-bond acceptors (Lipinski definition) is 2. The van der Waals surface area contributed by atoms with Gasteiger partial charge in [0, 0.05) is 18.4 Å². The molecule has 2 atom stereocenters. The van der Waals surface area contributed by atoms with Crippen LogP contribution in [0.1, 0.15) is 25.3 Å². The van der Waals surface area contributed by atoms with E-state index in [-0.39, 0.29) is 5.69 Å². The zero-order valence-electron chi connectivity index (χ0n) is 15.2. The van der Waals surface area contributed by atoms with Gasteiger partial charge in [-0.2, -0.15) is 0 Å². The number of methoxy groups -OCH3 is 1. The third kappa shape index (κ3) is 4.42. The second-order valence-electron chi connectivity index (χ2n) is 6.81. The lowest BCUT2D eigenvalue weighted by Crippen LogP contribution is -3.16. The number of hydrogen-bond donors (Lipinski definition) is 2. The Balaban J connectivity index is 1.71. The van der Waals surface area contributed by atoms with Gasteiger partial charge in [0.05, 0.1) is 18.8 Å². The Hall–Kier alpha value is -2.54. The van der Waals surface area contributed by atoms with Gasteiger partial charge in [-0.05, 0) is 43.3 Å². The molecule has 2 aromatic carbocycles. The van der Waals surface area contributed by atoms with Crippen molar-refractivity contribution in [1.29, 1.82) is 0 Å². The van der Waals surface area contributed by atoms with Crippen molar-refractivity contribution in [2.45, 2.75) is 38.4 Å². The van der Waals surface area contributed by atoms with Gasteiger partial charge in [-0.3, -0.25) is 4.79 Å². The number of quaternary nitrogens is 1. The van der Waals surface area contributed by atoms with Crippen LogP contribution in [-0.2, 0) is 11.3 Å². The third-order valence-corrected chi connectivity index (χ3v) is 4.91. The maximum Gasteiger partial charge on any atom is 0.282 e. The molecule has 0 radical (unpaired) electrons.